The van der Waals surface area contributed by atoms with Crippen molar-refractivity contribution in [1.29, 1.82) is 0 Å². The van der Waals surface area contributed by atoms with Crippen LogP contribution in [-0.2, 0) is 42.9 Å². The third-order valence-electron chi connectivity index (χ3n) is 3.61. The number of esters is 4. The molecular formula is C20H25NO9. The second-order valence-electron chi connectivity index (χ2n) is 6.41. The average molecular weight is 423 g/mol. The van der Waals surface area contributed by atoms with Crippen molar-refractivity contribution in [1.82, 2.24) is 0 Å². The predicted octanol–water partition coefficient (Wildman–Crippen LogP) is 1.29. The van der Waals surface area contributed by atoms with E-state index in [2.05, 4.69) is 5.32 Å². The number of anilines is 1. The molecule has 1 N–H and O–H groups in total. The van der Waals surface area contributed by atoms with Gasteiger partial charge in [-0.1, -0.05) is 17.7 Å². The predicted molar refractivity (Wildman–Crippen MR) is 103 cm³/mol. The van der Waals surface area contributed by atoms with Gasteiger partial charge in [0.2, 0.25) is 6.10 Å². The summed E-state index contributed by atoms with van der Waals surface area (Å²) < 4.78 is 20.2. The van der Waals surface area contributed by atoms with Gasteiger partial charge < -0.3 is 24.3 Å². The molecule has 10 heteroatoms. The van der Waals surface area contributed by atoms with E-state index in [1.165, 1.54) is 0 Å². The van der Waals surface area contributed by atoms with Gasteiger partial charge in [-0.3, -0.25) is 24.0 Å². The zero-order chi connectivity index (χ0) is 22.8. The first-order valence-electron chi connectivity index (χ1n) is 9.02. The van der Waals surface area contributed by atoms with Crippen molar-refractivity contribution in [2.24, 2.45) is 0 Å². The number of amides is 1. The molecule has 0 aliphatic heterocycles. The lowest BCUT2D eigenvalue weighted by Crippen LogP contribution is -2.52. The van der Waals surface area contributed by atoms with E-state index in [1.807, 2.05) is 6.92 Å². The first-order valence-corrected chi connectivity index (χ1v) is 9.02. The maximum atomic E-state index is 12.9. The molecule has 3 atom stereocenters. The highest BCUT2D eigenvalue weighted by Gasteiger charge is 2.42. The maximum absolute atomic E-state index is 12.9. The van der Waals surface area contributed by atoms with Crippen molar-refractivity contribution in [3.05, 3.63) is 29.8 Å². The fourth-order valence-electron chi connectivity index (χ4n) is 2.43. The highest BCUT2D eigenvalue weighted by molar-refractivity contribution is 5.96. The molecule has 0 saturated carbocycles. The fraction of sp³-hybridized carbons (Fsp3) is 0.450. The Bertz CT molecular complexity index is 788. The van der Waals surface area contributed by atoms with E-state index in [4.69, 9.17) is 18.9 Å². The van der Waals surface area contributed by atoms with Gasteiger partial charge in [-0.2, -0.15) is 0 Å². The quantitative estimate of drug-likeness (QED) is 0.460. The van der Waals surface area contributed by atoms with Crippen LogP contribution < -0.4 is 5.32 Å². The summed E-state index contributed by atoms with van der Waals surface area (Å²) >= 11 is 0. The van der Waals surface area contributed by atoms with Gasteiger partial charge >= 0.3 is 23.9 Å². The van der Waals surface area contributed by atoms with Gasteiger partial charge in [0.1, 0.15) is 6.61 Å². The lowest BCUT2D eigenvalue weighted by atomic mass is 10.1. The van der Waals surface area contributed by atoms with E-state index in [0.717, 1.165) is 33.3 Å². The maximum Gasteiger partial charge on any atom is 0.303 e. The molecule has 0 aromatic heterocycles. The molecule has 0 fully saturated rings. The Morgan fingerprint density at radius 1 is 0.800 bits per heavy atom. The van der Waals surface area contributed by atoms with Gasteiger partial charge in [0.15, 0.2) is 12.2 Å². The van der Waals surface area contributed by atoms with Crippen molar-refractivity contribution in [3.8, 4) is 0 Å². The number of hydrogen-bond donors (Lipinski definition) is 1. The van der Waals surface area contributed by atoms with Crippen LogP contribution in [0.4, 0.5) is 5.69 Å². The molecule has 1 rings (SSSR count). The number of carbonyl (C=O) groups excluding carboxylic acids is 5. The fourth-order valence-corrected chi connectivity index (χ4v) is 2.43. The molecule has 0 unspecified atom stereocenters. The van der Waals surface area contributed by atoms with Crippen LogP contribution in [0.2, 0.25) is 0 Å². The van der Waals surface area contributed by atoms with E-state index in [-0.39, 0.29) is 0 Å². The molecule has 1 amide bonds. The number of ether oxygens (including phenoxy) is 4. The summed E-state index contributed by atoms with van der Waals surface area (Å²) in [6, 6.07) is 6.76. The number of nitrogens with one attached hydrogen (secondary N) is 1. The third-order valence-corrected chi connectivity index (χ3v) is 3.61. The molecule has 1 aromatic carbocycles. The molecule has 0 spiro atoms. The van der Waals surface area contributed by atoms with Crippen LogP contribution >= 0.6 is 0 Å². The largest absolute Gasteiger partial charge is 0.462 e. The van der Waals surface area contributed by atoms with Gasteiger partial charge in [0.05, 0.1) is 0 Å². The van der Waals surface area contributed by atoms with E-state index < -0.39 is 54.7 Å². The second kappa shape index (κ2) is 11.5. The Morgan fingerprint density at radius 3 is 1.80 bits per heavy atom. The van der Waals surface area contributed by atoms with Crippen LogP contribution in [0.5, 0.6) is 0 Å². The number of hydrogen-bond acceptors (Lipinski definition) is 9. The highest BCUT2D eigenvalue weighted by atomic mass is 16.6. The number of benzene rings is 1. The number of carbonyl (C=O) groups is 5. The Kier molecular flexibility index (Phi) is 9.47. The molecule has 0 bridgehead atoms. The van der Waals surface area contributed by atoms with E-state index in [1.54, 1.807) is 24.3 Å². The Morgan fingerprint density at radius 2 is 1.33 bits per heavy atom. The molecular weight excluding hydrogens is 398 g/mol. The van der Waals surface area contributed by atoms with Crippen molar-refractivity contribution in [2.45, 2.75) is 52.9 Å². The summed E-state index contributed by atoms with van der Waals surface area (Å²) in [7, 11) is 0. The molecule has 0 radical (unpaired) electrons. The van der Waals surface area contributed by atoms with E-state index in [9.17, 15) is 24.0 Å². The smallest absolute Gasteiger partial charge is 0.303 e. The normalized spacial score (nSPS) is 13.2. The van der Waals surface area contributed by atoms with Crippen LogP contribution in [0.15, 0.2) is 24.3 Å². The highest BCUT2D eigenvalue weighted by Crippen LogP contribution is 2.18. The molecule has 1 aromatic rings. The lowest BCUT2D eigenvalue weighted by molar-refractivity contribution is -0.190. The molecule has 0 aliphatic carbocycles. The summed E-state index contributed by atoms with van der Waals surface area (Å²) in [6.45, 7) is 5.67. The van der Waals surface area contributed by atoms with Crippen LogP contribution in [0.1, 0.15) is 33.3 Å². The van der Waals surface area contributed by atoms with Gasteiger partial charge in [-0.25, -0.2) is 0 Å². The van der Waals surface area contributed by atoms with Crippen molar-refractivity contribution < 1.29 is 42.9 Å². The summed E-state index contributed by atoms with van der Waals surface area (Å²) in [5, 5.41) is 2.55. The minimum absolute atomic E-state index is 0.397. The molecule has 0 saturated heterocycles. The summed E-state index contributed by atoms with van der Waals surface area (Å²) in [5.41, 5.74) is 1.35. The lowest BCUT2D eigenvalue weighted by Gasteiger charge is -2.30. The van der Waals surface area contributed by atoms with Gasteiger partial charge in [-0.15, -0.1) is 0 Å². The molecule has 0 heterocycles. The Hall–Kier alpha value is -3.43. The Labute approximate surface area is 173 Å². The SMILES string of the molecule is CC(=O)OC[C@@H](OC(C)=O)[C@H](OC(C)=O)[C@H](OC(C)=O)C(=O)Nc1ccc(C)cc1. The number of rotatable bonds is 9. The topological polar surface area (TPSA) is 134 Å². The van der Waals surface area contributed by atoms with Crippen LogP contribution in [-0.4, -0.2) is 54.7 Å². The molecule has 164 valence electrons. The van der Waals surface area contributed by atoms with Crippen LogP contribution in [0.25, 0.3) is 0 Å². The van der Waals surface area contributed by atoms with E-state index >= 15 is 0 Å². The van der Waals surface area contributed by atoms with Gasteiger partial charge in [0, 0.05) is 33.4 Å². The third kappa shape index (κ3) is 8.72. The summed E-state index contributed by atoms with van der Waals surface area (Å²) in [6.07, 6.45) is -4.66. The van der Waals surface area contributed by atoms with Crippen molar-refractivity contribution in [3.63, 3.8) is 0 Å². The monoisotopic (exact) mass is 423 g/mol. The zero-order valence-corrected chi connectivity index (χ0v) is 17.4. The Balaban J connectivity index is 3.25. The molecule has 0 aliphatic rings. The van der Waals surface area contributed by atoms with Gasteiger partial charge in [0.25, 0.3) is 5.91 Å². The second-order valence-corrected chi connectivity index (χ2v) is 6.41. The van der Waals surface area contributed by atoms with Crippen LogP contribution in [0, 0.1) is 6.92 Å². The minimum Gasteiger partial charge on any atom is -0.462 e. The summed E-state index contributed by atoms with van der Waals surface area (Å²) in [4.78, 5) is 58.8. The standard InChI is InChI=1S/C20H25NO9/c1-11-6-8-16(9-7-11)21-20(26)19(30-15(5)25)18(29-14(4)24)17(28-13(3)23)10-27-12(2)22/h6-9,17-19H,10H2,1-5H3,(H,21,26)/t17-,18+,19+/m1/s1. The van der Waals surface area contributed by atoms with Crippen molar-refractivity contribution in [2.75, 3.05) is 11.9 Å². The van der Waals surface area contributed by atoms with Crippen molar-refractivity contribution >= 4 is 35.5 Å². The minimum atomic E-state index is -1.69. The molecule has 30 heavy (non-hydrogen) atoms. The average Bonchev–Trinajstić information content (AvgIpc) is 2.62. The zero-order valence-electron chi connectivity index (χ0n) is 17.4. The first kappa shape index (κ1) is 24.6. The first-order chi connectivity index (χ1) is 14.0. The van der Waals surface area contributed by atoms with Crippen LogP contribution in [0.3, 0.4) is 0 Å². The van der Waals surface area contributed by atoms with E-state index in [0.29, 0.717) is 5.69 Å². The molecule has 10 nitrogen and oxygen atoms in total. The summed E-state index contributed by atoms with van der Waals surface area (Å²) in [5.74, 6) is -3.99. The number of aryl methyl sites for hydroxylation is 1. The van der Waals surface area contributed by atoms with Gasteiger partial charge in [-0.05, 0) is 19.1 Å².